The fourth-order valence-corrected chi connectivity index (χ4v) is 5.01. The fraction of sp³-hybridized carbons (Fsp3) is 0.286. The van der Waals surface area contributed by atoms with Gasteiger partial charge in [0.05, 0.1) is 22.5 Å². The number of benzene rings is 3. The summed E-state index contributed by atoms with van der Waals surface area (Å²) in [6.07, 6.45) is -17.8. The zero-order chi connectivity index (χ0) is 33.7. The summed E-state index contributed by atoms with van der Waals surface area (Å²) in [5, 5.41) is 1.94. The minimum atomic E-state index is -6.72. The van der Waals surface area contributed by atoms with E-state index in [4.69, 9.17) is 11.6 Å². The Bertz CT molecular complexity index is 1600. The van der Waals surface area contributed by atoms with Crippen molar-refractivity contribution in [2.24, 2.45) is 5.92 Å². The van der Waals surface area contributed by atoms with Gasteiger partial charge in [-0.3, -0.25) is 9.59 Å². The summed E-state index contributed by atoms with van der Waals surface area (Å²) in [5.74, 6) is -3.69. The maximum atomic E-state index is 15.8. The van der Waals surface area contributed by atoms with Crippen LogP contribution in [-0.2, 0) is 11.8 Å². The number of carbonyl (C=O) groups is 2. The molecular formula is C28H17BrClF11N2O2. The number of halogens is 13. The number of rotatable bonds is 7. The molecule has 3 aromatic carbocycles. The van der Waals surface area contributed by atoms with Gasteiger partial charge < -0.3 is 10.2 Å². The van der Waals surface area contributed by atoms with Crippen LogP contribution >= 0.6 is 27.5 Å². The lowest BCUT2D eigenvalue weighted by atomic mass is 9.92. The molecule has 0 spiro atoms. The molecule has 0 aliphatic heterocycles. The number of nitrogens with one attached hydrogen (secondary N) is 1. The Labute approximate surface area is 260 Å². The molecule has 4 nitrogen and oxygen atoms in total. The van der Waals surface area contributed by atoms with E-state index in [1.54, 1.807) is 5.32 Å². The van der Waals surface area contributed by atoms with Crippen molar-refractivity contribution in [3.05, 3.63) is 92.2 Å². The second kappa shape index (κ2) is 12.1. The van der Waals surface area contributed by atoms with Gasteiger partial charge >= 0.3 is 24.2 Å². The van der Waals surface area contributed by atoms with Gasteiger partial charge in [0.15, 0.2) is 5.82 Å². The number of hydrogen-bond acceptors (Lipinski definition) is 2. The first-order chi connectivity index (χ1) is 20.7. The van der Waals surface area contributed by atoms with Gasteiger partial charge in [-0.25, -0.2) is 8.78 Å². The number of anilines is 2. The largest absolute Gasteiger partial charge is 0.435 e. The molecule has 1 saturated carbocycles. The maximum absolute atomic E-state index is 15.8. The van der Waals surface area contributed by atoms with Crippen LogP contribution in [0.2, 0.25) is 5.02 Å². The molecule has 0 saturated heterocycles. The molecule has 4 rings (SSSR count). The third-order valence-electron chi connectivity index (χ3n) is 6.80. The van der Waals surface area contributed by atoms with E-state index < -0.39 is 80.4 Å². The molecule has 2 amide bonds. The average molecular weight is 738 g/mol. The summed E-state index contributed by atoms with van der Waals surface area (Å²) < 4.78 is 150. The Kier molecular flexibility index (Phi) is 9.25. The number of amides is 2. The van der Waals surface area contributed by atoms with Gasteiger partial charge in [-0.15, -0.1) is 0 Å². The molecule has 0 aromatic heterocycles. The molecule has 0 unspecified atom stereocenters. The zero-order valence-electron chi connectivity index (χ0n) is 22.1. The first-order valence-electron chi connectivity index (χ1n) is 12.6. The quantitative estimate of drug-likeness (QED) is 0.246. The first-order valence-corrected chi connectivity index (χ1v) is 13.7. The van der Waals surface area contributed by atoms with Gasteiger partial charge in [-0.2, -0.15) is 39.5 Å². The molecule has 45 heavy (non-hydrogen) atoms. The van der Waals surface area contributed by atoms with E-state index in [2.05, 4.69) is 15.9 Å². The normalized spacial score (nSPS) is 14.3. The van der Waals surface area contributed by atoms with E-state index in [1.807, 2.05) is 0 Å². The van der Waals surface area contributed by atoms with Crippen molar-refractivity contribution in [2.45, 2.75) is 37.0 Å². The first kappa shape index (κ1) is 34.5. The molecule has 1 fully saturated rings. The monoisotopic (exact) mass is 736 g/mol. The van der Waals surface area contributed by atoms with Crippen LogP contribution in [0.3, 0.4) is 0 Å². The highest BCUT2D eigenvalue weighted by Crippen LogP contribution is 2.55. The van der Waals surface area contributed by atoms with Crippen molar-refractivity contribution >= 4 is 50.7 Å². The van der Waals surface area contributed by atoms with Crippen LogP contribution in [0.25, 0.3) is 0 Å². The van der Waals surface area contributed by atoms with Gasteiger partial charge in [0.2, 0.25) is 0 Å². The topological polar surface area (TPSA) is 49.4 Å². The average Bonchev–Trinajstić information content (AvgIpc) is 3.75. The summed E-state index contributed by atoms with van der Waals surface area (Å²) in [5.41, 5.74) is -13.7. The molecule has 1 aliphatic rings. The van der Waals surface area contributed by atoms with Crippen molar-refractivity contribution in [2.75, 3.05) is 16.8 Å². The smallest absolute Gasteiger partial charge is 0.320 e. The van der Waals surface area contributed by atoms with Gasteiger partial charge in [0, 0.05) is 27.2 Å². The molecule has 3 aromatic rings. The van der Waals surface area contributed by atoms with Crippen molar-refractivity contribution in [1.82, 2.24) is 0 Å². The van der Waals surface area contributed by atoms with E-state index in [1.165, 1.54) is 24.3 Å². The lowest BCUT2D eigenvalue weighted by Gasteiger charge is -2.31. The predicted octanol–water partition coefficient (Wildman–Crippen LogP) is 9.86. The Hall–Kier alpha value is -3.40. The molecule has 0 heterocycles. The highest BCUT2D eigenvalue weighted by atomic mass is 79.9. The van der Waals surface area contributed by atoms with E-state index in [-0.39, 0.29) is 24.1 Å². The SMILES string of the molecule is O=C(Nc1c(Br)cc(C(F)(C(F)(F)F)C(F)(F)F)cc1C(F)(F)F)c1cccc(N(CC2CC2)C(=O)c2ccc(Cl)cc2)c1F. The van der Waals surface area contributed by atoms with Crippen LogP contribution in [0.15, 0.2) is 59.1 Å². The Morgan fingerprint density at radius 3 is 1.98 bits per heavy atom. The Morgan fingerprint density at radius 2 is 1.47 bits per heavy atom. The van der Waals surface area contributed by atoms with Crippen LogP contribution < -0.4 is 10.2 Å². The Balaban J connectivity index is 1.76. The summed E-state index contributed by atoms with van der Waals surface area (Å²) in [6, 6.07) is 7.64. The van der Waals surface area contributed by atoms with Crippen molar-refractivity contribution < 1.29 is 57.9 Å². The van der Waals surface area contributed by atoms with E-state index >= 15 is 4.39 Å². The van der Waals surface area contributed by atoms with Crippen LogP contribution in [0.4, 0.5) is 59.7 Å². The summed E-state index contributed by atoms with van der Waals surface area (Å²) >= 11 is 8.24. The highest BCUT2D eigenvalue weighted by Gasteiger charge is 2.73. The molecule has 242 valence electrons. The molecule has 0 atom stereocenters. The van der Waals surface area contributed by atoms with Gasteiger partial charge in [0.1, 0.15) is 0 Å². The van der Waals surface area contributed by atoms with E-state index in [0.29, 0.717) is 17.9 Å². The molecule has 1 aliphatic carbocycles. The second-order valence-electron chi connectivity index (χ2n) is 9.99. The molecule has 17 heteroatoms. The van der Waals surface area contributed by atoms with Gasteiger partial charge in [-0.05, 0) is 83.2 Å². The van der Waals surface area contributed by atoms with Crippen LogP contribution in [0, 0.1) is 11.7 Å². The summed E-state index contributed by atoms with van der Waals surface area (Å²) in [4.78, 5) is 27.4. The third-order valence-corrected chi connectivity index (χ3v) is 7.68. The van der Waals surface area contributed by atoms with Crippen molar-refractivity contribution in [1.29, 1.82) is 0 Å². The van der Waals surface area contributed by atoms with E-state index in [9.17, 15) is 53.5 Å². The van der Waals surface area contributed by atoms with Crippen LogP contribution in [0.5, 0.6) is 0 Å². The minimum absolute atomic E-state index is 0.0120. The predicted molar refractivity (Wildman–Crippen MR) is 144 cm³/mol. The van der Waals surface area contributed by atoms with Crippen LogP contribution in [-0.4, -0.2) is 30.7 Å². The third kappa shape index (κ3) is 6.90. The second-order valence-corrected chi connectivity index (χ2v) is 11.3. The van der Waals surface area contributed by atoms with Gasteiger partial charge in [-0.1, -0.05) is 17.7 Å². The molecule has 0 bridgehead atoms. The lowest BCUT2D eigenvalue weighted by Crippen LogP contribution is -2.50. The Morgan fingerprint density at radius 1 is 0.889 bits per heavy atom. The van der Waals surface area contributed by atoms with Crippen molar-refractivity contribution in [3.63, 3.8) is 0 Å². The molecule has 0 radical (unpaired) electrons. The lowest BCUT2D eigenvalue weighted by molar-refractivity contribution is -0.348. The molecule has 1 N–H and O–H groups in total. The number of carbonyl (C=O) groups excluding carboxylic acids is 2. The standard InChI is InChI=1S/C28H17BrClF11N2O2/c29-19-11-15(25(32,27(36,37)38)28(39,40)41)10-18(26(33,34)35)22(19)42-23(44)17-2-1-3-20(21(17)31)43(12-13-4-5-13)24(45)14-6-8-16(30)9-7-14/h1-3,6-11,13H,4-5,12H2,(H,42,44). The van der Waals surface area contributed by atoms with Crippen LogP contribution in [0.1, 0.15) is 44.7 Å². The fourth-order valence-electron chi connectivity index (χ4n) is 4.33. The van der Waals surface area contributed by atoms with E-state index in [0.717, 1.165) is 23.1 Å². The summed E-state index contributed by atoms with van der Waals surface area (Å²) in [6.45, 7) is 0.0120. The highest BCUT2D eigenvalue weighted by molar-refractivity contribution is 9.10. The zero-order valence-corrected chi connectivity index (χ0v) is 24.4. The number of alkyl halides is 10. The molecular weight excluding hydrogens is 721 g/mol. The minimum Gasteiger partial charge on any atom is -0.320 e. The van der Waals surface area contributed by atoms with Crippen molar-refractivity contribution in [3.8, 4) is 0 Å². The van der Waals surface area contributed by atoms with Gasteiger partial charge in [0.25, 0.3) is 11.8 Å². The number of nitrogens with zero attached hydrogens (tertiary/aromatic N) is 1. The maximum Gasteiger partial charge on any atom is 0.435 e. The summed E-state index contributed by atoms with van der Waals surface area (Å²) in [7, 11) is 0. The number of hydrogen-bond donors (Lipinski definition) is 1.